The molecule has 1 aliphatic rings. The molecule has 0 aromatic heterocycles. The molecule has 0 N–H and O–H groups in total. The first-order chi connectivity index (χ1) is 13.0. The molecule has 1 amide bonds. The van der Waals surface area contributed by atoms with E-state index in [2.05, 4.69) is 36.1 Å². The molecule has 3 rings (SSSR count). The molecule has 1 unspecified atom stereocenters. The first-order valence-electron chi connectivity index (χ1n) is 9.48. The van der Waals surface area contributed by atoms with Gasteiger partial charge in [-0.2, -0.15) is 0 Å². The van der Waals surface area contributed by atoms with Crippen molar-refractivity contribution in [1.82, 2.24) is 9.80 Å². The van der Waals surface area contributed by atoms with Crippen molar-refractivity contribution >= 4 is 16.7 Å². The lowest BCUT2D eigenvalue weighted by Crippen LogP contribution is -2.35. The van der Waals surface area contributed by atoms with Crippen LogP contribution in [0.3, 0.4) is 0 Å². The van der Waals surface area contributed by atoms with E-state index in [9.17, 15) is 9.00 Å². The van der Waals surface area contributed by atoms with Gasteiger partial charge in [-0.3, -0.25) is 13.9 Å². The highest BCUT2D eigenvalue weighted by Gasteiger charge is 2.21. The average molecular weight is 385 g/mol. The summed E-state index contributed by atoms with van der Waals surface area (Å²) < 4.78 is 11.5. The van der Waals surface area contributed by atoms with Crippen molar-refractivity contribution in [1.29, 1.82) is 0 Å². The van der Waals surface area contributed by atoms with Crippen molar-refractivity contribution in [2.24, 2.45) is 0 Å². The van der Waals surface area contributed by atoms with E-state index in [1.807, 2.05) is 29.2 Å². The minimum Gasteiger partial charge on any atom is -0.337 e. The van der Waals surface area contributed by atoms with Gasteiger partial charge in [0.05, 0.1) is 0 Å². The van der Waals surface area contributed by atoms with Crippen LogP contribution >= 0.6 is 0 Å². The monoisotopic (exact) mass is 384 g/mol. The molecule has 4 nitrogen and oxygen atoms in total. The highest BCUT2D eigenvalue weighted by atomic mass is 32.2. The van der Waals surface area contributed by atoms with E-state index >= 15 is 0 Å². The SMILES string of the molecule is Cc1ccccc1CN1CCCN(C(=O)c2cccc(CS(C)=O)c2)CC1. The summed E-state index contributed by atoms with van der Waals surface area (Å²) in [5.41, 5.74) is 4.33. The van der Waals surface area contributed by atoms with Gasteiger partial charge in [-0.1, -0.05) is 36.4 Å². The van der Waals surface area contributed by atoms with Crippen LogP contribution in [0, 0.1) is 6.92 Å². The minimum absolute atomic E-state index is 0.0801. The van der Waals surface area contributed by atoms with Crippen LogP contribution in [0.4, 0.5) is 0 Å². The fourth-order valence-corrected chi connectivity index (χ4v) is 4.22. The van der Waals surface area contributed by atoms with Crippen molar-refractivity contribution in [3.8, 4) is 0 Å². The van der Waals surface area contributed by atoms with Crippen LogP contribution in [0.1, 0.15) is 33.5 Å². The van der Waals surface area contributed by atoms with E-state index in [1.54, 1.807) is 6.26 Å². The second-order valence-corrected chi connectivity index (χ2v) is 8.70. The number of rotatable bonds is 5. The van der Waals surface area contributed by atoms with Gasteiger partial charge in [0, 0.05) is 61.1 Å². The summed E-state index contributed by atoms with van der Waals surface area (Å²) >= 11 is 0. The lowest BCUT2D eigenvalue weighted by atomic mass is 10.1. The van der Waals surface area contributed by atoms with Crippen LogP contribution in [0.5, 0.6) is 0 Å². The lowest BCUT2D eigenvalue weighted by molar-refractivity contribution is 0.0761. The molecule has 0 aliphatic carbocycles. The van der Waals surface area contributed by atoms with Gasteiger partial charge >= 0.3 is 0 Å². The summed E-state index contributed by atoms with van der Waals surface area (Å²) in [6.07, 6.45) is 2.67. The van der Waals surface area contributed by atoms with Gasteiger partial charge in [0.2, 0.25) is 0 Å². The summed E-state index contributed by atoms with van der Waals surface area (Å²) in [6.45, 7) is 6.51. The van der Waals surface area contributed by atoms with Gasteiger partial charge in [0.15, 0.2) is 0 Å². The number of benzene rings is 2. The highest BCUT2D eigenvalue weighted by molar-refractivity contribution is 7.83. The molecule has 27 heavy (non-hydrogen) atoms. The number of hydrogen-bond acceptors (Lipinski definition) is 3. The Kier molecular flexibility index (Phi) is 6.80. The van der Waals surface area contributed by atoms with E-state index in [0.29, 0.717) is 11.3 Å². The van der Waals surface area contributed by atoms with Crippen molar-refractivity contribution in [3.05, 3.63) is 70.8 Å². The zero-order chi connectivity index (χ0) is 19.2. The maximum absolute atomic E-state index is 12.9. The second kappa shape index (κ2) is 9.29. The van der Waals surface area contributed by atoms with E-state index in [-0.39, 0.29) is 5.91 Å². The van der Waals surface area contributed by atoms with Crippen molar-refractivity contribution in [2.75, 3.05) is 32.4 Å². The van der Waals surface area contributed by atoms with E-state index in [1.165, 1.54) is 11.1 Å². The summed E-state index contributed by atoms with van der Waals surface area (Å²) in [7, 11) is -0.903. The first kappa shape index (κ1) is 19.8. The molecule has 0 saturated carbocycles. The Hall–Kier alpha value is -1.98. The third-order valence-corrected chi connectivity index (χ3v) is 5.81. The van der Waals surface area contributed by atoms with Crippen LogP contribution in [0.2, 0.25) is 0 Å². The number of nitrogens with zero attached hydrogens (tertiary/aromatic N) is 2. The van der Waals surface area contributed by atoms with Crippen LogP contribution < -0.4 is 0 Å². The first-order valence-corrected chi connectivity index (χ1v) is 11.2. The molecule has 1 fully saturated rings. The Morgan fingerprint density at radius 3 is 2.63 bits per heavy atom. The standard InChI is InChI=1S/C22H28N2O2S/c1-18-7-3-4-9-21(18)16-23-11-6-12-24(14-13-23)22(25)20-10-5-8-19(15-20)17-27(2)26/h3-5,7-10,15H,6,11-14,16-17H2,1-2H3. The lowest BCUT2D eigenvalue weighted by Gasteiger charge is -2.23. The normalized spacial score (nSPS) is 16.7. The molecule has 1 aliphatic heterocycles. The summed E-state index contributed by atoms with van der Waals surface area (Å²) in [4.78, 5) is 17.3. The maximum Gasteiger partial charge on any atom is 0.253 e. The molecule has 1 atom stereocenters. The minimum atomic E-state index is -0.903. The Bertz CT molecular complexity index is 821. The van der Waals surface area contributed by atoms with Crippen molar-refractivity contribution in [2.45, 2.75) is 25.6 Å². The Balaban J connectivity index is 1.63. The fourth-order valence-electron chi connectivity index (χ4n) is 3.57. The predicted octanol–water partition coefficient (Wildman–Crippen LogP) is 3.22. The third kappa shape index (κ3) is 5.50. The zero-order valence-corrected chi connectivity index (χ0v) is 17.0. The van der Waals surface area contributed by atoms with Gasteiger partial charge < -0.3 is 4.90 Å². The van der Waals surface area contributed by atoms with Crippen molar-refractivity contribution < 1.29 is 9.00 Å². The van der Waals surface area contributed by atoms with E-state index in [0.717, 1.165) is 44.7 Å². The zero-order valence-electron chi connectivity index (χ0n) is 16.2. The summed E-state index contributed by atoms with van der Waals surface area (Å²) in [5.74, 6) is 0.571. The topological polar surface area (TPSA) is 40.6 Å². The largest absolute Gasteiger partial charge is 0.337 e. The molecule has 0 radical (unpaired) electrons. The molecule has 2 aromatic rings. The molecule has 1 saturated heterocycles. The maximum atomic E-state index is 12.9. The van der Waals surface area contributed by atoms with Gasteiger partial charge in [0.25, 0.3) is 5.91 Å². The number of aryl methyl sites for hydroxylation is 1. The van der Waals surface area contributed by atoms with E-state index in [4.69, 9.17) is 0 Å². The fraction of sp³-hybridized carbons (Fsp3) is 0.409. The molecule has 5 heteroatoms. The predicted molar refractivity (Wildman–Crippen MR) is 111 cm³/mol. The number of carbonyl (C=O) groups excluding carboxylic acids is 1. The molecular weight excluding hydrogens is 356 g/mol. The van der Waals surface area contributed by atoms with E-state index < -0.39 is 10.8 Å². The average Bonchev–Trinajstić information content (AvgIpc) is 2.88. The molecular formula is C22H28N2O2S. The second-order valence-electron chi connectivity index (χ2n) is 7.27. The van der Waals surface area contributed by atoms with Crippen LogP contribution in [0.25, 0.3) is 0 Å². The van der Waals surface area contributed by atoms with Crippen LogP contribution in [0.15, 0.2) is 48.5 Å². The summed E-state index contributed by atoms with van der Waals surface area (Å²) in [5, 5.41) is 0. The quantitative estimate of drug-likeness (QED) is 0.795. The molecule has 2 aromatic carbocycles. The number of hydrogen-bond donors (Lipinski definition) is 0. The number of carbonyl (C=O) groups is 1. The Morgan fingerprint density at radius 2 is 1.85 bits per heavy atom. The molecule has 0 spiro atoms. The van der Waals surface area contributed by atoms with Gasteiger partial charge in [-0.15, -0.1) is 0 Å². The van der Waals surface area contributed by atoms with Crippen LogP contribution in [-0.4, -0.2) is 52.4 Å². The van der Waals surface area contributed by atoms with Gasteiger partial charge in [0.1, 0.15) is 0 Å². The van der Waals surface area contributed by atoms with Crippen molar-refractivity contribution in [3.63, 3.8) is 0 Å². The van der Waals surface area contributed by atoms with Gasteiger partial charge in [-0.25, -0.2) is 0 Å². The third-order valence-electron chi connectivity index (χ3n) is 5.07. The summed E-state index contributed by atoms with van der Waals surface area (Å²) in [6, 6.07) is 16.1. The molecule has 1 heterocycles. The molecule has 144 valence electrons. The Labute approximate surface area is 164 Å². The smallest absolute Gasteiger partial charge is 0.253 e. The number of amides is 1. The van der Waals surface area contributed by atoms with Gasteiger partial charge in [-0.05, 0) is 42.2 Å². The highest BCUT2D eigenvalue weighted by Crippen LogP contribution is 2.15. The Morgan fingerprint density at radius 1 is 1.04 bits per heavy atom. The van der Waals surface area contributed by atoms with Crippen LogP contribution in [-0.2, 0) is 23.1 Å². The molecule has 0 bridgehead atoms.